The van der Waals surface area contributed by atoms with Gasteiger partial charge in [0.2, 0.25) is 5.91 Å². The van der Waals surface area contributed by atoms with Crippen molar-refractivity contribution in [3.63, 3.8) is 0 Å². The molecule has 0 fully saturated rings. The monoisotopic (exact) mass is 314 g/mol. The highest BCUT2D eigenvalue weighted by Crippen LogP contribution is 2.17. The summed E-state index contributed by atoms with van der Waals surface area (Å²) < 4.78 is 10.4. The van der Waals surface area contributed by atoms with Crippen molar-refractivity contribution in [3.05, 3.63) is 54.1 Å². The van der Waals surface area contributed by atoms with E-state index in [1.807, 2.05) is 48.5 Å². The summed E-state index contributed by atoms with van der Waals surface area (Å²) in [6, 6.07) is 15.3. The minimum absolute atomic E-state index is 0.00285. The first-order chi connectivity index (χ1) is 11.2. The van der Waals surface area contributed by atoms with Gasteiger partial charge in [-0.05, 0) is 30.3 Å². The number of amides is 1. The van der Waals surface area contributed by atoms with Crippen molar-refractivity contribution in [1.29, 1.82) is 0 Å². The number of para-hydroxylation sites is 1. The molecule has 2 aromatic rings. The number of hydrogen-bond acceptors (Lipinski definition) is 4. The Labute approximate surface area is 136 Å². The van der Waals surface area contributed by atoms with E-state index in [-0.39, 0.29) is 5.91 Å². The summed E-state index contributed by atoms with van der Waals surface area (Å²) in [5, 5.41) is 6.11. The van der Waals surface area contributed by atoms with Crippen LogP contribution in [0.2, 0.25) is 0 Å². The van der Waals surface area contributed by atoms with E-state index in [2.05, 4.69) is 10.6 Å². The van der Waals surface area contributed by atoms with Gasteiger partial charge in [-0.15, -0.1) is 0 Å². The second kappa shape index (κ2) is 8.68. The van der Waals surface area contributed by atoms with Gasteiger partial charge in [0, 0.05) is 30.8 Å². The van der Waals surface area contributed by atoms with Gasteiger partial charge in [0.15, 0.2) is 0 Å². The molecule has 0 heterocycles. The molecule has 2 rings (SSSR count). The van der Waals surface area contributed by atoms with Gasteiger partial charge < -0.3 is 20.1 Å². The van der Waals surface area contributed by atoms with E-state index in [1.165, 1.54) is 0 Å². The minimum Gasteiger partial charge on any atom is -0.497 e. The zero-order valence-electron chi connectivity index (χ0n) is 13.5. The minimum atomic E-state index is -0.00285. The van der Waals surface area contributed by atoms with Gasteiger partial charge in [-0.25, -0.2) is 0 Å². The predicted octanol–water partition coefficient (Wildman–Crippen LogP) is 2.82. The van der Waals surface area contributed by atoms with Gasteiger partial charge >= 0.3 is 0 Å². The van der Waals surface area contributed by atoms with E-state index in [4.69, 9.17) is 9.47 Å². The molecule has 5 nitrogen and oxygen atoms in total. The summed E-state index contributed by atoms with van der Waals surface area (Å²) in [7, 11) is 3.26. The molecule has 0 aromatic heterocycles. The van der Waals surface area contributed by atoms with Crippen molar-refractivity contribution in [1.82, 2.24) is 5.32 Å². The molecule has 5 heteroatoms. The fourth-order valence-electron chi connectivity index (χ4n) is 2.16. The SMILES string of the molecule is COc1ccc(NCCC(=O)NCc2ccccc2OC)cc1. The van der Waals surface area contributed by atoms with E-state index in [9.17, 15) is 4.79 Å². The molecule has 0 aliphatic rings. The second-order valence-electron chi connectivity index (χ2n) is 4.99. The molecule has 122 valence electrons. The van der Waals surface area contributed by atoms with E-state index in [0.29, 0.717) is 19.5 Å². The van der Waals surface area contributed by atoms with Gasteiger partial charge in [-0.2, -0.15) is 0 Å². The van der Waals surface area contributed by atoms with Crippen molar-refractivity contribution in [2.75, 3.05) is 26.1 Å². The Morgan fingerprint density at radius 3 is 2.43 bits per heavy atom. The second-order valence-corrected chi connectivity index (χ2v) is 4.99. The third-order valence-electron chi connectivity index (χ3n) is 3.44. The van der Waals surface area contributed by atoms with Gasteiger partial charge in [0.25, 0.3) is 0 Å². The lowest BCUT2D eigenvalue weighted by atomic mass is 10.2. The molecule has 0 spiro atoms. The summed E-state index contributed by atoms with van der Waals surface area (Å²) >= 11 is 0. The van der Waals surface area contributed by atoms with Crippen LogP contribution in [0.25, 0.3) is 0 Å². The lowest BCUT2D eigenvalue weighted by molar-refractivity contribution is -0.121. The van der Waals surface area contributed by atoms with E-state index in [1.54, 1.807) is 14.2 Å². The molecule has 0 bridgehead atoms. The summed E-state index contributed by atoms with van der Waals surface area (Å²) in [5.41, 5.74) is 1.93. The summed E-state index contributed by atoms with van der Waals surface area (Å²) in [4.78, 5) is 11.9. The van der Waals surface area contributed by atoms with Crippen LogP contribution in [-0.4, -0.2) is 26.7 Å². The van der Waals surface area contributed by atoms with Crippen molar-refractivity contribution >= 4 is 11.6 Å². The van der Waals surface area contributed by atoms with Crippen molar-refractivity contribution < 1.29 is 14.3 Å². The largest absolute Gasteiger partial charge is 0.497 e. The first-order valence-electron chi connectivity index (χ1n) is 7.49. The Balaban J connectivity index is 1.72. The molecule has 0 aliphatic heterocycles. The zero-order chi connectivity index (χ0) is 16.5. The molecular weight excluding hydrogens is 292 g/mol. The number of carbonyl (C=O) groups is 1. The summed E-state index contributed by atoms with van der Waals surface area (Å²) in [5.74, 6) is 1.59. The van der Waals surface area contributed by atoms with Crippen molar-refractivity contribution in [2.45, 2.75) is 13.0 Å². The molecule has 0 saturated carbocycles. The third-order valence-corrected chi connectivity index (χ3v) is 3.44. The van der Waals surface area contributed by atoms with Crippen molar-refractivity contribution in [2.24, 2.45) is 0 Å². The van der Waals surface area contributed by atoms with Crippen LogP contribution in [0.1, 0.15) is 12.0 Å². The average Bonchev–Trinajstić information content (AvgIpc) is 2.60. The topological polar surface area (TPSA) is 59.6 Å². The van der Waals surface area contributed by atoms with E-state index in [0.717, 1.165) is 22.7 Å². The standard InChI is InChI=1S/C18H22N2O3/c1-22-16-9-7-15(8-10-16)19-12-11-18(21)20-13-14-5-3-4-6-17(14)23-2/h3-10,19H,11-13H2,1-2H3,(H,20,21). The van der Waals surface area contributed by atoms with Crippen LogP contribution in [0, 0.1) is 0 Å². The van der Waals surface area contributed by atoms with Crippen LogP contribution in [0.5, 0.6) is 11.5 Å². The Kier molecular flexibility index (Phi) is 6.29. The van der Waals surface area contributed by atoms with Crippen LogP contribution < -0.4 is 20.1 Å². The predicted molar refractivity (Wildman–Crippen MR) is 90.9 cm³/mol. The third kappa shape index (κ3) is 5.21. The van der Waals surface area contributed by atoms with Crippen LogP contribution in [0.4, 0.5) is 5.69 Å². The molecule has 23 heavy (non-hydrogen) atoms. The number of nitrogens with one attached hydrogen (secondary N) is 2. The van der Waals surface area contributed by atoms with E-state index >= 15 is 0 Å². The first-order valence-corrected chi connectivity index (χ1v) is 7.49. The fourth-order valence-corrected chi connectivity index (χ4v) is 2.16. The zero-order valence-corrected chi connectivity index (χ0v) is 13.5. The first kappa shape index (κ1) is 16.7. The maximum atomic E-state index is 11.9. The van der Waals surface area contributed by atoms with E-state index < -0.39 is 0 Å². The number of benzene rings is 2. The van der Waals surface area contributed by atoms with Crippen molar-refractivity contribution in [3.8, 4) is 11.5 Å². The number of anilines is 1. The van der Waals surface area contributed by atoms with Crippen LogP contribution in [0.3, 0.4) is 0 Å². The highest BCUT2D eigenvalue weighted by atomic mass is 16.5. The Bertz CT molecular complexity index is 626. The molecule has 2 N–H and O–H groups in total. The maximum absolute atomic E-state index is 11.9. The summed E-state index contributed by atoms with van der Waals surface area (Å²) in [6.45, 7) is 1.04. The molecule has 0 aliphatic carbocycles. The lowest BCUT2D eigenvalue weighted by Gasteiger charge is -2.10. The average molecular weight is 314 g/mol. The Morgan fingerprint density at radius 1 is 1.00 bits per heavy atom. The molecule has 0 radical (unpaired) electrons. The molecule has 1 amide bonds. The van der Waals surface area contributed by atoms with Gasteiger partial charge in [-0.1, -0.05) is 18.2 Å². The van der Waals surface area contributed by atoms with Crippen LogP contribution in [-0.2, 0) is 11.3 Å². The van der Waals surface area contributed by atoms with Crippen LogP contribution >= 0.6 is 0 Å². The highest BCUT2D eigenvalue weighted by molar-refractivity contribution is 5.76. The lowest BCUT2D eigenvalue weighted by Crippen LogP contribution is -2.25. The van der Waals surface area contributed by atoms with Gasteiger partial charge in [0.05, 0.1) is 14.2 Å². The summed E-state index contributed by atoms with van der Waals surface area (Å²) in [6.07, 6.45) is 0.404. The molecule has 0 unspecified atom stereocenters. The van der Waals surface area contributed by atoms with Crippen LogP contribution in [0.15, 0.2) is 48.5 Å². The molecule has 0 atom stereocenters. The highest BCUT2D eigenvalue weighted by Gasteiger charge is 2.05. The normalized spacial score (nSPS) is 10.0. The molecular formula is C18H22N2O3. The molecule has 2 aromatic carbocycles. The Morgan fingerprint density at radius 2 is 1.74 bits per heavy atom. The number of methoxy groups -OCH3 is 2. The number of carbonyl (C=O) groups excluding carboxylic acids is 1. The quantitative estimate of drug-likeness (QED) is 0.786. The smallest absolute Gasteiger partial charge is 0.222 e. The van der Waals surface area contributed by atoms with Gasteiger partial charge in [-0.3, -0.25) is 4.79 Å². The number of ether oxygens (including phenoxy) is 2. The fraction of sp³-hybridized carbons (Fsp3) is 0.278. The number of rotatable bonds is 8. The molecule has 0 saturated heterocycles. The van der Waals surface area contributed by atoms with Gasteiger partial charge in [0.1, 0.15) is 11.5 Å². The number of hydrogen-bond donors (Lipinski definition) is 2. The maximum Gasteiger partial charge on any atom is 0.222 e. The Hall–Kier alpha value is -2.69.